The summed E-state index contributed by atoms with van der Waals surface area (Å²) in [5.41, 5.74) is 2.82. The number of ether oxygens (including phenoxy) is 1. The lowest BCUT2D eigenvalue weighted by Gasteiger charge is -2.13. The number of hydrogen-bond donors (Lipinski definition) is 1. The molecular weight excluding hydrogens is 426 g/mol. The van der Waals surface area contributed by atoms with Gasteiger partial charge in [-0.25, -0.2) is 0 Å². The molecule has 8 heteroatoms. The van der Waals surface area contributed by atoms with Gasteiger partial charge in [-0.3, -0.25) is 4.79 Å². The molecule has 0 saturated carbocycles. The standard InChI is InChI=1S/C21H14Cl2F3NO2/c1-12-9-15(27-20(28)18-7-5-14(22)11-19(18)23)6-8-17(12)13-3-2-4-16(10-13)29-21(24,25)26/h2-11H,1H3,(H,27,28). The Balaban J connectivity index is 1.82. The topological polar surface area (TPSA) is 38.3 Å². The van der Waals surface area contributed by atoms with Crippen LogP contribution in [0.5, 0.6) is 5.75 Å². The number of alkyl halides is 3. The molecule has 0 fully saturated rings. The molecule has 0 aromatic heterocycles. The Morgan fingerprint density at radius 1 is 1.00 bits per heavy atom. The van der Waals surface area contributed by atoms with E-state index in [1.807, 2.05) is 0 Å². The van der Waals surface area contributed by atoms with Gasteiger partial charge in [0.1, 0.15) is 5.75 Å². The fourth-order valence-corrected chi connectivity index (χ4v) is 3.29. The van der Waals surface area contributed by atoms with Crippen LogP contribution in [0.25, 0.3) is 11.1 Å². The minimum atomic E-state index is -4.76. The summed E-state index contributed by atoms with van der Waals surface area (Å²) in [5, 5.41) is 3.39. The van der Waals surface area contributed by atoms with Crippen molar-refractivity contribution in [2.75, 3.05) is 5.32 Å². The zero-order chi connectivity index (χ0) is 21.2. The predicted molar refractivity (Wildman–Crippen MR) is 108 cm³/mol. The van der Waals surface area contributed by atoms with Gasteiger partial charge in [0, 0.05) is 10.7 Å². The Morgan fingerprint density at radius 3 is 2.41 bits per heavy atom. The van der Waals surface area contributed by atoms with Crippen molar-refractivity contribution < 1.29 is 22.7 Å². The highest BCUT2D eigenvalue weighted by atomic mass is 35.5. The number of carbonyl (C=O) groups is 1. The summed E-state index contributed by atoms with van der Waals surface area (Å²) in [5.74, 6) is -0.705. The van der Waals surface area contributed by atoms with Gasteiger partial charge in [0.15, 0.2) is 0 Å². The van der Waals surface area contributed by atoms with E-state index in [4.69, 9.17) is 23.2 Å². The van der Waals surface area contributed by atoms with Crippen molar-refractivity contribution in [1.82, 2.24) is 0 Å². The van der Waals surface area contributed by atoms with E-state index in [1.54, 1.807) is 37.3 Å². The van der Waals surface area contributed by atoms with Crippen LogP contribution in [0.2, 0.25) is 10.0 Å². The number of rotatable bonds is 4. The van der Waals surface area contributed by atoms with E-state index < -0.39 is 12.3 Å². The first-order valence-corrected chi connectivity index (χ1v) is 9.11. The van der Waals surface area contributed by atoms with Gasteiger partial charge in [0.2, 0.25) is 0 Å². The fourth-order valence-electron chi connectivity index (χ4n) is 2.80. The van der Waals surface area contributed by atoms with Gasteiger partial charge in [-0.1, -0.05) is 41.4 Å². The summed E-state index contributed by atoms with van der Waals surface area (Å²) in [7, 11) is 0. The van der Waals surface area contributed by atoms with Crippen LogP contribution in [-0.2, 0) is 0 Å². The molecular formula is C21H14Cl2F3NO2. The van der Waals surface area contributed by atoms with Gasteiger partial charge >= 0.3 is 6.36 Å². The third-order valence-electron chi connectivity index (χ3n) is 4.04. The third-order valence-corrected chi connectivity index (χ3v) is 4.59. The number of anilines is 1. The maximum absolute atomic E-state index is 12.4. The zero-order valence-corrected chi connectivity index (χ0v) is 16.5. The van der Waals surface area contributed by atoms with Crippen LogP contribution in [0.3, 0.4) is 0 Å². The molecule has 1 amide bonds. The maximum Gasteiger partial charge on any atom is 0.573 e. The molecule has 0 atom stereocenters. The Bertz CT molecular complexity index is 1070. The Labute approximate surface area is 175 Å². The second-order valence-electron chi connectivity index (χ2n) is 6.18. The number of benzene rings is 3. The highest BCUT2D eigenvalue weighted by molar-refractivity contribution is 6.37. The zero-order valence-electron chi connectivity index (χ0n) is 15.0. The lowest BCUT2D eigenvalue weighted by Crippen LogP contribution is -2.17. The van der Waals surface area contributed by atoms with Crippen LogP contribution >= 0.6 is 23.2 Å². The van der Waals surface area contributed by atoms with Crippen LogP contribution in [0.4, 0.5) is 18.9 Å². The van der Waals surface area contributed by atoms with E-state index in [0.29, 0.717) is 21.8 Å². The molecule has 0 aliphatic carbocycles. The van der Waals surface area contributed by atoms with E-state index in [9.17, 15) is 18.0 Å². The minimum absolute atomic E-state index is 0.227. The lowest BCUT2D eigenvalue weighted by atomic mass is 9.99. The number of nitrogens with one attached hydrogen (secondary N) is 1. The van der Waals surface area contributed by atoms with Crippen LogP contribution in [0, 0.1) is 6.92 Å². The van der Waals surface area contributed by atoms with Crippen molar-refractivity contribution in [3.63, 3.8) is 0 Å². The first-order valence-electron chi connectivity index (χ1n) is 8.35. The van der Waals surface area contributed by atoms with E-state index in [1.165, 1.54) is 30.3 Å². The number of carbonyl (C=O) groups excluding carboxylic acids is 1. The first-order chi connectivity index (χ1) is 13.6. The summed E-state index contributed by atoms with van der Waals surface area (Å²) in [4.78, 5) is 12.4. The summed E-state index contributed by atoms with van der Waals surface area (Å²) in [6.45, 7) is 1.79. The Hall–Kier alpha value is -2.70. The normalized spacial score (nSPS) is 11.2. The van der Waals surface area contributed by atoms with Crippen LogP contribution in [0.15, 0.2) is 60.7 Å². The average molecular weight is 440 g/mol. The van der Waals surface area contributed by atoms with Crippen molar-refractivity contribution in [1.29, 1.82) is 0 Å². The van der Waals surface area contributed by atoms with Crippen molar-refractivity contribution in [2.24, 2.45) is 0 Å². The molecule has 0 heterocycles. The van der Waals surface area contributed by atoms with Crippen molar-refractivity contribution in [3.8, 4) is 16.9 Å². The molecule has 3 nitrogen and oxygen atoms in total. The fraction of sp³-hybridized carbons (Fsp3) is 0.0952. The number of halogens is 5. The summed E-state index contributed by atoms with van der Waals surface area (Å²) >= 11 is 11.9. The van der Waals surface area contributed by atoms with Crippen LogP contribution in [-0.4, -0.2) is 12.3 Å². The monoisotopic (exact) mass is 439 g/mol. The molecule has 1 N–H and O–H groups in total. The molecule has 0 aliphatic heterocycles. The van der Waals surface area contributed by atoms with Gasteiger partial charge in [-0.05, 0) is 66.1 Å². The van der Waals surface area contributed by atoms with E-state index in [-0.39, 0.29) is 16.3 Å². The average Bonchev–Trinajstić information content (AvgIpc) is 2.60. The molecule has 0 unspecified atom stereocenters. The molecule has 0 bridgehead atoms. The van der Waals surface area contributed by atoms with Gasteiger partial charge in [0.25, 0.3) is 5.91 Å². The molecule has 29 heavy (non-hydrogen) atoms. The molecule has 0 saturated heterocycles. The Morgan fingerprint density at radius 2 is 1.76 bits per heavy atom. The molecule has 3 aromatic carbocycles. The van der Waals surface area contributed by atoms with Crippen LogP contribution in [0.1, 0.15) is 15.9 Å². The SMILES string of the molecule is Cc1cc(NC(=O)c2ccc(Cl)cc2Cl)ccc1-c1cccc(OC(F)(F)F)c1. The molecule has 0 aliphatic rings. The lowest BCUT2D eigenvalue weighted by molar-refractivity contribution is -0.274. The van der Waals surface area contributed by atoms with E-state index >= 15 is 0 Å². The number of aryl methyl sites for hydroxylation is 1. The first kappa shape index (κ1) is 21.0. The highest BCUT2D eigenvalue weighted by Crippen LogP contribution is 2.31. The molecule has 0 spiro atoms. The van der Waals surface area contributed by atoms with Gasteiger partial charge in [0.05, 0.1) is 10.6 Å². The number of amides is 1. The molecule has 150 valence electrons. The van der Waals surface area contributed by atoms with Gasteiger partial charge in [-0.15, -0.1) is 13.2 Å². The van der Waals surface area contributed by atoms with Crippen LogP contribution < -0.4 is 10.1 Å². The molecule has 3 aromatic rings. The van der Waals surface area contributed by atoms with Gasteiger partial charge < -0.3 is 10.1 Å². The third kappa shape index (κ3) is 5.43. The Kier molecular flexibility index (Phi) is 6.05. The van der Waals surface area contributed by atoms with Crippen molar-refractivity contribution >= 4 is 34.8 Å². The largest absolute Gasteiger partial charge is 0.573 e. The van der Waals surface area contributed by atoms with Crippen molar-refractivity contribution in [3.05, 3.63) is 81.8 Å². The summed E-state index contributed by atoms with van der Waals surface area (Å²) in [6.07, 6.45) is -4.76. The maximum atomic E-state index is 12.4. The summed E-state index contributed by atoms with van der Waals surface area (Å²) in [6, 6.07) is 15.3. The smallest absolute Gasteiger partial charge is 0.406 e. The van der Waals surface area contributed by atoms with E-state index in [0.717, 1.165) is 5.56 Å². The second-order valence-corrected chi connectivity index (χ2v) is 7.03. The second kappa shape index (κ2) is 8.35. The predicted octanol–water partition coefficient (Wildman–Crippen LogP) is 7.12. The quantitative estimate of drug-likeness (QED) is 0.469. The van der Waals surface area contributed by atoms with Gasteiger partial charge in [-0.2, -0.15) is 0 Å². The highest BCUT2D eigenvalue weighted by Gasteiger charge is 2.31. The van der Waals surface area contributed by atoms with Crippen molar-refractivity contribution in [2.45, 2.75) is 13.3 Å². The minimum Gasteiger partial charge on any atom is -0.406 e. The summed E-state index contributed by atoms with van der Waals surface area (Å²) < 4.78 is 41.3. The number of hydrogen-bond acceptors (Lipinski definition) is 2. The molecule has 3 rings (SSSR count). The molecule has 0 radical (unpaired) electrons. The van der Waals surface area contributed by atoms with E-state index in [2.05, 4.69) is 10.1 Å².